The van der Waals surface area contributed by atoms with Crippen molar-refractivity contribution >= 4 is 11.6 Å². The van der Waals surface area contributed by atoms with E-state index >= 15 is 0 Å². The van der Waals surface area contributed by atoms with Crippen molar-refractivity contribution in [3.05, 3.63) is 65.4 Å². The fraction of sp³-hybridized carbons (Fsp3) is 0.111. The second-order valence-electron chi connectivity index (χ2n) is 5.36. The molecule has 5 nitrogen and oxygen atoms in total. The van der Waals surface area contributed by atoms with Gasteiger partial charge in [-0.3, -0.25) is 4.79 Å². The highest BCUT2D eigenvalue weighted by molar-refractivity contribution is 6.08. The Morgan fingerprint density at radius 1 is 1.16 bits per heavy atom. The van der Waals surface area contributed by atoms with Crippen LogP contribution >= 0.6 is 0 Å². The van der Waals surface area contributed by atoms with Crippen LogP contribution in [0.4, 0.5) is 14.5 Å². The summed E-state index contributed by atoms with van der Waals surface area (Å²) in [6.07, 6.45) is 1.22. The number of aryl methyl sites for hydroxylation is 1. The molecule has 0 aliphatic heterocycles. The van der Waals surface area contributed by atoms with Gasteiger partial charge in [-0.25, -0.2) is 8.78 Å². The minimum Gasteiger partial charge on any atom is -0.495 e. The third-order valence-electron chi connectivity index (χ3n) is 3.60. The number of methoxy groups -OCH3 is 1. The van der Waals surface area contributed by atoms with Crippen LogP contribution in [0.2, 0.25) is 0 Å². The molecular formula is C18H14F2N2O3. The summed E-state index contributed by atoms with van der Waals surface area (Å²) in [7, 11) is 1.49. The van der Waals surface area contributed by atoms with Crippen LogP contribution in [0.25, 0.3) is 11.3 Å². The number of halogens is 2. The van der Waals surface area contributed by atoms with Crippen molar-refractivity contribution in [2.45, 2.75) is 6.92 Å². The molecule has 0 atom stereocenters. The Kier molecular flexibility index (Phi) is 4.47. The summed E-state index contributed by atoms with van der Waals surface area (Å²) in [6.45, 7) is 1.88. The van der Waals surface area contributed by atoms with Crippen molar-refractivity contribution in [1.82, 2.24) is 5.16 Å². The van der Waals surface area contributed by atoms with E-state index in [2.05, 4.69) is 10.5 Å². The first-order valence-corrected chi connectivity index (χ1v) is 7.35. The molecule has 0 bridgehead atoms. The number of carbonyl (C=O) groups is 1. The van der Waals surface area contributed by atoms with Crippen molar-refractivity contribution in [3.8, 4) is 17.1 Å². The molecule has 3 rings (SSSR count). The molecule has 3 aromatic rings. The van der Waals surface area contributed by atoms with E-state index in [1.54, 1.807) is 12.1 Å². The fourth-order valence-electron chi connectivity index (χ4n) is 2.36. The number of anilines is 1. The zero-order chi connectivity index (χ0) is 18.0. The van der Waals surface area contributed by atoms with Gasteiger partial charge in [0.2, 0.25) is 0 Å². The molecule has 25 heavy (non-hydrogen) atoms. The minimum absolute atomic E-state index is 0.0445. The number of amides is 1. The van der Waals surface area contributed by atoms with Crippen LogP contribution in [-0.2, 0) is 0 Å². The van der Waals surface area contributed by atoms with Gasteiger partial charge in [0, 0.05) is 5.56 Å². The van der Waals surface area contributed by atoms with Gasteiger partial charge >= 0.3 is 0 Å². The van der Waals surface area contributed by atoms with Crippen LogP contribution in [0.1, 0.15) is 15.9 Å². The molecule has 0 saturated carbocycles. The van der Waals surface area contributed by atoms with Crippen LogP contribution in [-0.4, -0.2) is 18.2 Å². The molecule has 0 fully saturated rings. The molecule has 0 aliphatic rings. The first-order valence-electron chi connectivity index (χ1n) is 7.35. The highest BCUT2D eigenvalue weighted by Gasteiger charge is 2.20. The van der Waals surface area contributed by atoms with Gasteiger partial charge in [0.25, 0.3) is 5.91 Å². The second-order valence-corrected chi connectivity index (χ2v) is 5.36. The monoisotopic (exact) mass is 344 g/mol. The van der Waals surface area contributed by atoms with Gasteiger partial charge in [-0.2, -0.15) is 0 Å². The summed E-state index contributed by atoms with van der Waals surface area (Å²) < 4.78 is 36.8. The summed E-state index contributed by atoms with van der Waals surface area (Å²) in [6, 6.07) is 8.54. The Hall–Kier alpha value is -3.22. The standard InChI is InChI=1S/C18H14F2N2O3/c1-10-3-6-16(24-2)15(7-10)22-18(23)12-9-21-25-17(12)11-4-5-13(19)14(20)8-11/h3-9H,1-2H3,(H,22,23). The van der Waals surface area contributed by atoms with Crippen LogP contribution in [0.5, 0.6) is 5.75 Å². The van der Waals surface area contributed by atoms with Gasteiger partial charge in [-0.1, -0.05) is 11.2 Å². The van der Waals surface area contributed by atoms with Gasteiger partial charge in [0.05, 0.1) is 19.0 Å². The van der Waals surface area contributed by atoms with E-state index in [4.69, 9.17) is 9.26 Å². The Morgan fingerprint density at radius 2 is 1.96 bits per heavy atom. The predicted molar refractivity (Wildman–Crippen MR) is 87.5 cm³/mol. The van der Waals surface area contributed by atoms with Crippen LogP contribution in [0.15, 0.2) is 47.1 Å². The molecular weight excluding hydrogens is 330 g/mol. The molecule has 7 heteroatoms. The fourth-order valence-corrected chi connectivity index (χ4v) is 2.36. The molecule has 0 unspecified atom stereocenters. The van der Waals surface area contributed by atoms with Gasteiger partial charge in [0.15, 0.2) is 17.4 Å². The molecule has 1 N–H and O–H groups in total. The first-order chi connectivity index (χ1) is 12.0. The third-order valence-corrected chi connectivity index (χ3v) is 3.60. The van der Waals surface area contributed by atoms with Gasteiger partial charge < -0.3 is 14.6 Å². The van der Waals surface area contributed by atoms with E-state index in [9.17, 15) is 13.6 Å². The van der Waals surface area contributed by atoms with Crippen molar-refractivity contribution in [1.29, 1.82) is 0 Å². The smallest absolute Gasteiger partial charge is 0.261 e. The number of carbonyl (C=O) groups excluding carboxylic acids is 1. The van der Waals surface area contributed by atoms with Crippen LogP contribution in [0, 0.1) is 18.6 Å². The lowest BCUT2D eigenvalue weighted by Crippen LogP contribution is -2.13. The number of nitrogens with one attached hydrogen (secondary N) is 1. The van der Waals surface area contributed by atoms with Crippen LogP contribution < -0.4 is 10.1 Å². The maximum absolute atomic E-state index is 13.4. The summed E-state index contributed by atoms with van der Waals surface area (Å²) in [5, 5.41) is 6.30. The first kappa shape index (κ1) is 16.6. The number of ether oxygens (including phenoxy) is 1. The molecule has 0 radical (unpaired) electrons. The largest absolute Gasteiger partial charge is 0.495 e. The zero-order valence-corrected chi connectivity index (χ0v) is 13.5. The van der Waals surface area contributed by atoms with Gasteiger partial charge in [0.1, 0.15) is 11.3 Å². The number of hydrogen-bond donors (Lipinski definition) is 1. The molecule has 1 aromatic heterocycles. The van der Waals surface area contributed by atoms with E-state index in [0.29, 0.717) is 11.4 Å². The maximum Gasteiger partial charge on any atom is 0.261 e. The van der Waals surface area contributed by atoms with E-state index in [0.717, 1.165) is 17.7 Å². The lowest BCUT2D eigenvalue weighted by atomic mass is 10.1. The zero-order valence-electron chi connectivity index (χ0n) is 13.5. The summed E-state index contributed by atoms with van der Waals surface area (Å²) in [5.74, 6) is -2.00. The lowest BCUT2D eigenvalue weighted by Gasteiger charge is -2.10. The molecule has 0 aliphatic carbocycles. The molecule has 1 heterocycles. The predicted octanol–water partition coefficient (Wildman–Crippen LogP) is 4.19. The van der Waals surface area contributed by atoms with Crippen molar-refractivity contribution in [2.24, 2.45) is 0 Å². The number of rotatable bonds is 4. The average Bonchev–Trinajstić information content (AvgIpc) is 3.07. The Balaban J connectivity index is 1.93. The molecule has 2 aromatic carbocycles. The van der Waals surface area contributed by atoms with E-state index in [1.165, 1.54) is 19.4 Å². The summed E-state index contributed by atoms with van der Waals surface area (Å²) in [4.78, 5) is 12.6. The SMILES string of the molecule is COc1ccc(C)cc1NC(=O)c1cnoc1-c1ccc(F)c(F)c1. The van der Waals surface area contributed by atoms with Gasteiger partial charge in [-0.05, 0) is 42.8 Å². The highest BCUT2D eigenvalue weighted by Crippen LogP contribution is 2.29. The van der Waals surface area contributed by atoms with Crippen LogP contribution in [0.3, 0.4) is 0 Å². The molecule has 1 amide bonds. The number of hydrogen-bond acceptors (Lipinski definition) is 4. The van der Waals surface area contributed by atoms with Crippen molar-refractivity contribution in [2.75, 3.05) is 12.4 Å². The minimum atomic E-state index is -1.04. The maximum atomic E-state index is 13.4. The summed E-state index contributed by atoms with van der Waals surface area (Å²) >= 11 is 0. The topological polar surface area (TPSA) is 64.4 Å². The van der Waals surface area contributed by atoms with Crippen molar-refractivity contribution in [3.63, 3.8) is 0 Å². The van der Waals surface area contributed by atoms with E-state index in [1.807, 2.05) is 13.0 Å². The Labute approximate surface area is 142 Å². The molecule has 0 spiro atoms. The second kappa shape index (κ2) is 6.72. The third kappa shape index (κ3) is 3.35. The van der Waals surface area contributed by atoms with E-state index < -0.39 is 17.5 Å². The average molecular weight is 344 g/mol. The number of nitrogens with zero attached hydrogens (tertiary/aromatic N) is 1. The quantitative estimate of drug-likeness (QED) is 0.771. The number of benzene rings is 2. The summed E-state index contributed by atoms with van der Waals surface area (Å²) in [5.41, 5.74) is 1.71. The molecule has 0 saturated heterocycles. The highest BCUT2D eigenvalue weighted by atomic mass is 19.2. The van der Waals surface area contributed by atoms with E-state index in [-0.39, 0.29) is 16.9 Å². The normalized spacial score (nSPS) is 10.6. The Bertz CT molecular complexity index is 938. The molecule has 128 valence electrons. The Morgan fingerprint density at radius 3 is 2.68 bits per heavy atom. The van der Waals surface area contributed by atoms with Crippen molar-refractivity contribution < 1.29 is 22.8 Å². The lowest BCUT2D eigenvalue weighted by molar-refractivity contribution is 0.102. The van der Waals surface area contributed by atoms with Gasteiger partial charge in [-0.15, -0.1) is 0 Å². The number of aromatic nitrogens is 1.